The Bertz CT molecular complexity index is 1320. The van der Waals surface area contributed by atoms with Gasteiger partial charge in [0.05, 0.1) is 30.2 Å². The molecule has 1 saturated heterocycles. The Hall–Kier alpha value is -3.65. The summed E-state index contributed by atoms with van der Waals surface area (Å²) in [6.07, 6.45) is 6.21. The van der Waals surface area contributed by atoms with Crippen molar-refractivity contribution in [3.8, 4) is 11.3 Å². The number of carbonyl (C=O) groups excluding carboxylic acids is 2. The molecule has 0 bridgehead atoms. The molecule has 5 rings (SSSR count). The van der Waals surface area contributed by atoms with E-state index in [9.17, 15) is 14.7 Å². The number of imidazole rings is 1. The van der Waals surface area contributed by atoms with Gasteiger partial charge in [-0.2, -0.15) is 0 Å². The molecule has 1 N–H and O–H groups in total. The third-order valence-corrected chi connectivity index (χ3v) is 8.05. The fraction of sp³-hybridized carbons (Fsp3) is 0.485. The summed E-state index contributed by atoms with van der Waals surface area (Å²) < 4.78 is 7.70. The maximum absolute atomic E-state index is 14.4. The highest BCUT2D eigenvalue weighted by molar-refractivity contribution is 5.98. The van der Waals surface area contributed by atoms with E-state index in [1.54, 1.807) is 11.2 Å². The molecule has 0 spiro atoms. The van der Waals surface area contributed by atoms with Crippen LogP contribution in [0.3, 0.4) is 0 Å². The van der Waals surface area contributed by atoms with E-state index in [1.165, 1.54) is 0 Å². The molecular weight excluding hydrogens is 516 g/mol. The van der Waals surface area contributed by atoms with Crippen molar-refractivity contribution in [3.63, 3.8) is 0 Å². The molecule has 3 atom stereocenters. The van der Waals surface area contributed by atoms with Crippen LogP contribution in [0.1, 0.15) is 75.0 Å². The Labute approximate surface area is 242 Å². The van der Waals surface area contributed by atoms with Crippen LogP contribution in [0.25, 0.3) is 11.3 Å². The highest BCUT2D eigenvalue weighted by Crippen LogP contribution is 2.34. The first-order valence-electron chi connectivity index (χ1n) is 14.8. The van der Waals surface area contributed by atoms with Gasteiger partial charge in [-0.25, -0.2) is 9.78 Å². The van der Waals surface area contributed by atoms with E-state index in [1.807, 2.05) is 90.9 Å². The number of carbonyl (C=O) groups is 2. The Morgan fingerprint density at radius 3 is 2.34 bits per heavy atom. The van der Waals surface area contributed by atoms with E-state index in [-0.39, 0.29) is 24.1 Å². The Morgan fingerprint density at radius 2 is 1.63 bits per heavy atom. The van der Waals surface area contributed by atoms with Crippen LogP contribution >= 0.6 is 0 Å². The van der Waals surface area contributed by atoms with Crippen molar-refractivity contribution in [2.45, 2.75) is 83.1 Å². The van der Waals surface area contributed by atoms with Gasteiger partial charge in [0, 0.05) is 25.2 Å². The number of aromatic nitrogens is 2. The van der Waals surface area contributed by atoms with E-state index in [0.29, 0.717) is 31.7 Å². The molecule has 3 aromatic rings. The van der Waals surface area contributed by atoms with Crippen molar-refractivity contribution in [1.29, 1.82) is 0 Å². The Kier molecular flexibility index (Phi) is 8.78. The smallest absolute Gasteiger partial charge is 0.410 e. The normalized spacial score (nSPS) is 21.8. The fourth-order valence-electron chi connectivity index (χ4n) is 6.06. The summed E-state index contributed by atoms with van der Waals surface area (Å²) in [6.45, 7) is 6.71. The van der Waals surface area contributed by atoms with Crippen molar-refractivity contribution in [2.24, 2.45) is 0 Å². The van der Waals surface area contributed by atoms with Gasteiger partial charge in [-0.05, 0) is 45.6 Å². The van der Waals surface area contributed by atoms with Crippen LogP contribution in [0.4, 0.5) is 4.79 Å². The predicted molar refractivity (Wildman–Crippen MR) is 159 cm³/mol. The minimum atomic E-state index is -0.598. The molecule has 8 nitrogen and oxygen atoms in total. The van der Waals surface area contributed by atoms with Gasteiger partial charge >= 0.3 is 6.09 Å². The molecule has 2 aromatic carbocycles. The Morgan fingerprint density at radius 1 is 0.951 bits per heavy atom. The molecule has 0 unspecified atom stereocenters. The zero-order valence-corrected chi connectivity index (χ0v) is 24.4. The van der Waals surface area contributed by atoms with E-state index in [2.05, 4.69) is 0 Å². The van der Waals surface area contributed by atoms with Gasteiger partial charge in [-0.3, -0.25) is 4.79 Å². The SMILES string of the molecule is CC(C)(C)OC(=O)N1CCN(C(=O)c2ncn([C@H]3CCCCC[C@@H]3O)c2-c2ccccc2)[C@H](Cc2ccccc2)C1. The molecule has 2 aliphatic rings. The molecule has 2 amide bonds. The molecule has 2 heterocycles. The minimum absolute atomic E-state index is 0.133. The summed E-state index contributed by atoms with van der Waals surface area (Å²) in [7, 11) is 0. The lowest BCUT2D eigenvalue weighted by Crippen LogP contribution is -2.58. The summed E-state index contributed by atoms with van der Waals surface area (Å²) in [5.41, 5.74) is 2.53. The summed E-state index contributed by atoms with van der Waals surface area (Å²) in [5, 5.41) is 11.0. The second-order valence-corrected chi connectivity index (χ2v) is 12.3. The van der Waals surface area contributed by atoms with Crippen LogP contribution in [0, 0.1) is 0 Å². The van der Waals surface area contributed by atoms with Crippen LogP contribution < -0.4 is 0 Å². The number of rotatable bonds is 5. The van der Waals surface area contributed by atoms with Gasteiger partial charge in [0.25, 0.3) is 5.91 Å². The lowest BCUT2D eigenvalue weighted by Gasteiger charge is -2.41. The van der Waals surface area contributed by atoms with Gasteiger partial charge in [0.1, 0.15) is 5.60 Å². The molecule has 1 aliphatic carbocycles. The van der Waals surface area contributed by atoms with Crippen LogP contribution in [-0.2, 0) is 11.2 Å². The summed E-state index contributed by atoms with van der Waals surface area (Å²) in [6, 6.07) is 19.5. The van der Waals surface area contributed by atoms with Crippen molar-refractivity contribution >= 4 is 12.0 Å². The molecule has 41 heavy (non-hydrogen) atoms. The summed E-state index contributed by atoms with van der Waals surface area (Å²) in [5.74, 6) is -0.157. The van der Waals surface area contributed by atoms with E-state index in [0.717, 1.165) is 48.9 Å². The monoisotopic (exact) mass is 558 g/mol. The van der Waals surface area contributed by atoms with Crippen LogP contribution in [0.15, 0.2) is 67.0 Å². The second kappa shape index (κ2) is 12.5. The van der Waals surface area contributed by atoms with Crippen LogP contribution in [0.5, 0.6) is 0 Å². The topological polar surface area (TPSA) is 87.9 Å². The zero-order chi connectivity index (χ0) is 29.0. The standard InChI is InChI=1S/C33H42N4O4/c1-33(2,3)41-32(40)35-19-20-36(26(22-35)21-24-13-7-4-8-14-24)31(39)29-30(25-15-9-5-10-16-25)37(23-34-29)27-17-11-6-12-18-28(27)38/h4-5,7-10,13-16,23,26-28,38H,6,11-12,17-22H2,1-3H3/t26-,27+,28+/m1/s1. The molecule has 0 radical (unpaired) electrons. The number of ether oxygens (including phenoxy) is 1. The largest absolute Gasteiger partial charge is 0.444 e. The molecule has 1 aromatic heterocycles. The van der Waals surface area contributed by atoms with Gasteiger partial charge in [-0.1, -0.05) is 79.9 Å². The lowest BCUT2D eigenvalue weighted by molar-refractivity contribution is 0.00429. The summed E-state index contributed by atoms with van der Waals surface area (Å²) >= 11 is 0. The Balaban J connectivity index is 1.49. The highest BCUT2D eigenvalue weighted by atomic mass is 16.6. The number of piperazine rings is 1. The third kappa shape index (κ3) is 6.81. The molecule has 1 saturated carbocycles. The molecule has 8 heteroatoms. The predicted octanol–water partition coefficient (Wildman–Crippen LogP) is 5.72. The number of benzene rings is 2. The zero-order valence-electron chi connectivity index (χ0n) is 24.4. The van der Waals surface area contributed by atoms with Crippen molar-refractivity contribution in [2.75, 3.05) is 19.6 Å². The number of nitrogens with zero attached hydrogens (tertiary/aromatic N) is 4. The van der Waals surface area contributed by atoms with Gasteiger partial charge in [-0.15, -0.1) is 0 Å². The molecular formula is C33H42N4O4. The molecule has 218 valence electrons. The number of aliphatic hydroxyl groups excluding tert-OH is 1. The quantitative estimate of drug-likeness (QED) is 0.405. The summed E-state index contributed by atoms with van der Waals surface area (Å²) in [4.78, 5) is 35.7. The minimum Gasteiger partial charge on any atom is -0.444 e. The van der Waals surface area contributed by atoms with Crippen molar-refractivity contribution in [3.05, 3.63) is 78.2 Å². The number of aliphatic hydroxyl groups is 1. The maximum atomic E-state index is 14.4. The van der Waals surface area contributed by atoms with Crippen molar-refractivity contribution < 1.29 is 19.4 Å². The molecule has 1 aliphatic heterocycles. The van der Waals surface area contributed by atoms with E-state index >= 15 is 0 Å². The van der Waals surface area contributed by atoms with E-state index in [4.69, 9.17) is 9.72 Å². The fourth-order valence-corrected chi connectivity index (χ4v) is 6.06. The highest BCUT2D eigenvalue weighted by Gasteiger charge is 2.37. The first kappa shape index (κ1) is 28.9. The average Bonchev–Trinajstić information content (AvgIpc) is 3.28. The first-order valence-corrected chi connectivity index (χ1v) is 14.8. The number of hydrogen-bond donors (Lipinski definition) is 1. The maximum Gasteiger partial charge on any atom is 0.410 e. The van der Waals surface area contributed by atoms with Gasteiger partial charge in [0.15, 0.2) is 5.69 Å². The van der Waals surface area contributed by atoms with Crippen LogP contribution in [0.2, 0.25) is 0 Å². The lowest BCUT2D eigenvalue weighted by atomic mass is 10.0. The average molecular weight is 559 g/mol. The van der Waals surface area contributed by atoms with Gasteiger partial charge in [0.2, 0.25) is 0 Å². The van der Waals surface area contributed by atoms with Gasteiger partial charge < -0.3 is 24.2 Å². The number of amides is 2. The first-order chi connectivity index (χ1) is 19.7. The number of hydrogen-bond acceptors (Lipinski definition) is 5. The van der Waals surface area contributed by atoms with Crippen molar-refractivity contribution in [1.82, 2.24) is 19.4 Å². The third-order valence-electron chi connectivity index (χ3n) is 8.05. The molecule has 2 fully saturated rings. The second-order valence-electron chi connectivity index (χ2n) is 12.3. The van der Waals surface area contributed by atoms with Crippen LogP contribution in [-0.4, -0.2) is 73.8 Å². The van der Waals surface area contributed by atoms with E-state index < -0.39 is 11.7 Å².